The summed E-state index contributed by atoms with van der Waals surface area (Å²) >= 11 is 0. The molecule has 4 heteroatoms. The molecule has 1 fully saturated rings. The zero-order valence-corrected chi connectivity index (χ0v) is 11.7. The van der Waals surface area contributed by atoms with E-state index in [4.69, 9.17) is 9.47 Å². The summed E-state index contributed by atoms with van der Waals surface area (Å²) in [7, 11) is 1.43. The van der Waals surface area contributed by atoms with Crippen LogP contribution < -0.4 is 5.32 Å². The average Bonchev–Trinajstić information content (AvgIpc) is 2.35. The number of esters is 1. The van der Waals surface area contributed by atoms with Crippen LogP contribution in [0, 0.1) is 6.92 Å². The molecule has 0 spiro atoms. The minimum Gasteiger partial charge on any atom is -0.467 e. The Kier molecular flexibility index (Phi) is 4.10. The Bertz CT molecular complexity index is 452. The van der Waals surface area contributed by atoms with Crippen molar-refractivity contribution < 1.29 is 14.3 Å². The van der Waals surface area contributed by atoms with Crippen molar-refractivity contribution in [2.75, 3.05) is 19.0 Å². The highest BCUT2D eigenvalue weighted by atomic mass is 16.5. The van der Waals surface area contributed by atoms with E-state index >= 15 is 0 Å². The van der Waals surface area contributed by atoms with Crippen LogP contribution in [0.1, 0.15) is 25.3 Å². The summed E-state index contributed by atoms with van der Waals surface area (Å²) in [6, 6.07) is 7.99. The van der Waals surface area contributed by atoms with E-state index in [2.05, 4.69) is 5.32 Å². The fourth-order valence-electron chi connectivity index (χ4n) is 2.59. The number of aryl methyl sites for hydroxylation is 1. The molecule has 19 heavy (non-hydrogen) atoms. The molecule has 4 nitrogen and oxygen atoms in total. The molecular weight excluding hydrogens is 242 g/mol. The Morgan fingerprint density at radius 3 is 2.79 bits per heavy atom. The normalized spacial score (nSPS) is 25.5. The van der Waals surface area contributed by atoms with Gasteiger partial charge in [0.05, 0.1) is 13.2 Å². The predicted molar refractivity (Wildman–Crippen MR) is 74.2 cm³/mol. The Morgan fingerprint density at radius 1 is 1.47 bits per heavy atom. The molecule has 1 aliphatic rings. The molecule has 0 amide bonds. The van der Waals surface area contributed by atoms with Crippen LogP contribution in [0.4, 0.5) is 5.69 Å². The van der Waals surface area contributed by atoms with Crippen molar-refractivity contribution in [3.05, 3.63) is 29.8 Å². The molecule has 0 aromatic heterocycles. The standard InChI is InChI=1S/C15H21NO3/c1-4-19-13-9-15(10-13,14(17)18-3)16-12-7-5-6-11(2)8-12/h5-8,13,16H,4,9-10H2,1-3H3. The summed E-state index contributed by atoms with van der Waals surface area (Å²) < 4.78 is 10.5. The average molecular weight is 263 g/mol. The van der Waals surface area contributed by atoms with E-state index in [1.165, 1.54) is 7.11 Å². The van der Waals surface area contributed by atoms with Gasteiger partial charge in [0.1, 0.15) is 5.54 Å². The maximum Gasteiger partial charge on any atom is 0.331 e. The number of hydrogen-bond donors (Lipinski definition) is 1. The lowest BCUT2D eigenvalue weighted by atomic mass is 9.74. The summed E-state index contributed by atoms with van der Waals surface area (Å²) in [5.41, 5.74) is 1.47. The van der Waals surface area contributed by atoms with Gasteiger partial charge in [0.15, 0.2) is 0 Å². The minimum absolute atomic E-state index is 0.140. The number of ether oxygens (including phenoxy) is 2. The van der Waals surface area contributed by atoms with Gasteiger partial charge in [-0.1, -0.05) is 12.1 Å². The summed E-state index contributed by atoms with van der Waals surface area (Å²) in [5.74, 6) is -0.218. The van der Waals surface area contributed by atoms with Crippen molar-refractivity contribution >= 4 is 11.7 Å². The second-order valence-electron chi connectivity index (χ2n) is 5.05. The molecule has 0 radical (unpaired) electrons. The quantitative estimate of drug-likeness (QED) is 0.829. The van der Waals surface area contributed by atoms with Crippen molar-refractivity contribution in [2.24, 2.45) is 0 Å². The van der Waals surface area contributed by atoms with Gasteiger partial charge in [-0.15, -0.1) is 0 Å². The SMILES string of the molecule is CCOC1CC(Nc2cccc(C)c2)(C(=O)OC)C1. The van der Waals surface area contributed by atoms with Gasteiger partial charge >= 0.3 is 5.97 Å². The first-order chi connectivity index (χ1) is 9.09. The molecular formula is C15H21NO3. The number of nitrogens with one attached hydrogen (secondary N) is 1. The maximum absolute atomic E-state index is 12.0. The zero-order valence-electron chi connectivity index (χ0n) is 11.7. The van der Waals surface area contributed by atoms with Crippen LogP contribution in [0.3, 0.4) is 0 Å². The molecule has 1 aromatic rings. The fraction of sp³-hybridized carbons (Fsp3) is 0.533. The van der Waals surface area contributed by atoms with Crippen LogP contribution in [-0.2, 0) is 14.3 Å². The van der Waals surface area contributed by atoms with Gasteiger partial charge in [0, 0.05) is 25.1 Å². The highest BCUT2D eigenvalue weighted by Gasteiger charge is 2.52. The highest BCUT2D eigenvalue weighted by Crippen LogP contribution is 2.38. The maximum atomic E-state index is 12.0. The summed E-state index contributed by atoms with van der Waals surface area (Å²) in [4.78, 5) is 12.0. The van der Waals surface area contributed by atoms with E-state index in [1.54, 1.807) is 0 Å². The Labute approximate surface area is 114 Å². The number of methoxy groups -OCH3 is 1. The molecule has 1 aromatic carbocycles. The van der Waals surface area contributed by atoms with Gasteiger partial charge in [-0.25, -0.2) is 4.79 Å². The van der Waals surface area contributed by atoms with E-state index in [1.807, 2.05) is 38.1 Å². The van der Waals surface area contributed by atoms with E-state index in [9.17, 15) is 4.79 Å². The molecule has 0 saturated heterocycles. The van der Waals surface area contributed by atoms with Gasteiger partial charge in [-0.05, 0) is 31.5 Å². The van der Waals surface area contributed by atoms with Crippen molar-refractivity contribution in [1.29, 1.82) is 0 Å². The molecule has 104 valence electrons. The molecule has 2 rings (SSSR count). The first kappa shape index (κ1) is 13.9. The number of rotatable bonds is 5. The smallest absolute Gasteiger partial charge is 0.331 e. The van der Waals surface area contributed by atoms with Crippen LogP contribution in [-0.4, -0.2) is 31.3 Å². The second kappa shape index (κ2) is 5.61. The van der Waals surface area contributed by atoms with Gasteiger partial charge < -0.3 is 14.8 Å². The third kappa shape index (κ3) is 2.89. The van der Waals surface area contributed by atoms with Crippen LogP contribution in [0.2, 0.25) is 0 Å². The van der Waals surface area contributed by atoms with Crippen LogP contribution >= 0.6 is 0 Å². The number of carbonyl (C=O) groups is 1. The summed E-state index contributed by atoms with van der Waals surface area (Å²) in [5, 5.41) is 3.32. The van der Waals surface area contributed by atoms with E-state index < -0.39 is 5.54 Å². The van der Waals surface area contributed by atoms with Crippen molar-refractivity contribution in [3.8, 4) is 0 Å². The van der Waals surface area contributed by atoms with Crippen molar-refractivity contribution in [2.45, 2.75) is 38.3 Å². The Morgan fingerprint density at radius 2 is 2.21 bits per heavy atom. The molecule has 1 N–H and O–H groups in total. The third-order valence-corrected chi connectivity index (χ3v) is 3.53. The third-order valence-electron chi connectivity index (χ3n) is 3.53. The summed E-state index contributed by atoms with van der Waals surface area (Å²) in [6.07, 6.45) is 1.45. The second-order valence-corrected chi connectivity index (χ2v) is 5.05. The number of anilines is 1. The van der Waals surface area contributed by atoms with Crippen LogP contribution in [0.5, 0.6) is 0 Å². The lowest BCUT2D eigenvalue weighted by Crippen LogP contribution is -2.59. The van der Waals surface area contributed by atoms with Crippen LogP contribution in [0.25, 0.3) is 0 Å². The zero-order chi connectivity index (χ0) is 13.9. The number of carbonyl (C=O) groups excluding carboxylic acids is 1. The van der Waals surface area contributed by atoms with Crippen molar-refractivity contribution in [3.63, 3.8) is 0 Å². The molecule has 0 bridgehead atoms. The summed E-state index contributed by atoms with van der Waals surface area (Å²) in [6.45, 7) is 4.66. The number of benzene rings is 1. The first-order valence-corrected chi connectivity index (χ1v) is 6.64. The van der Waals surface area contributed by atoms with E-state index in [0.29, 0.717) is 19.4 Å². The molecule has 0 atom stereocenters. The highest BCUT2D eigenvalue weighted by molar-refractivity contribution is 5.86. The van der Waals surface area contributed by atoms with Crippen molar-refractivity contribution in [1.82, 2.24) is 0 Å². The fourth-order valence-corrected chi connectivity index (χ4v) is 2.59. The Hall–Kier alpha value is -1.55. The number of hydrogen-bond acceptors (Lipinski definition) is 4. The van der Waals surface area contributed by atoms with Crippen LogP contribution in [0.15, 0.2) is 24.3 Å². The molecule has 0 aliphatic heterocycles. The monoisotopic (exact) mass is 263 g/mol. The minimum atomic E-state index is -0.637. The van der Waals surface area contributed by atoms with E-state index in [-0.39, 0.29) is 12.1 Å². The lowest BCUT2D eigenvalue weighted by molar-refractivity contribution is -0.155. The van der Waals surface area contributed by atoms with Gasteiger partial charge in [-0.2, -0.15) is 0 Å². The molecule has 1 saturated carbocycles. The van der Waals surface area contributed by atoms with Gasteiger partial charge in [0.25, 0.3) is 0 Å². The molecule has 1 aliphatic carbocycles. The van der Waals surface area contributed by atoms with Gasteiger partial charge in [0.2, 0.25) is 0 Å². The van der Waals surface area contributed by atoms with Gasteiger partial charge in [-0.3, -0.25) is 0 Å². The topological polar surface area (TPSA) is 47.6 Å². The predicted octanol–water partition coefficient (Wildman–Crippen LogP) is 2.52. The Balaban J connectivity index is 2.10. The largest absolute Gasteiger partial charge is 0.467 e. The lowest BCUT2D eigenvalue weighted by Gasteiger charge is -2.45. The first-order valence-electron chi connectivity index (χ1n) is 6.64. The molecule has 0 unspecified atom stereocenters. The molecule has 0 heterocycles. The van der Waals surface area contributed by atoms with E-state index in [0.717, 1.165) is 11.3 Å².